The summed E-state index contributed by atoms with van der Waals surface area (Å²) >= 11 is 2.01. The van der Waals surface area contributed by atoms with E-state index in [1.165, 1.54) is 12.8 Å². The molecule has 2 fully saturated rings. The third kappa shape index (κ3) is 3.21. The fourth-order valence-corrected chi connectivity index (χ4v) is 4.25. The van der Waals surface area contributed by atoms with Gasteiger partial charge in [-0.15, -0.1) is 0 Å². The molecule has 1 saturated heterocycles. The molecule has 0 bridgehead atoms. The lowest BCUT2D eigenvalue weighted by Gasteiger charge is -2.34. The summed E-state index contributed by atoms with van der Waals surface area (Å²) in [7, 11) is 0. The largest absolute Gasteiger partial charge is 0.352 e. The van der Waals surface area contributed by atoms with Crippen LogP contribution in [0.3, 0.4) is 0 Å². The molecule has 2 rings (SSSR count). The Morgan fingerprint density at radius 3 is 2.78 bits per heavy atom. The molecule has 1 heterocycles. The van der Waals surface area contributed by atoms with E-state index in [0.29, 0.717) is 11.3 Å². The summed E-state index contributed by atoms with van der Waals surface area (Å²) in [5.74, 6) is 1.44. The molecule has 2 unspecified atom stereocenters. The van der Waals surface area contributed by atoms with Crippen molar-refractivity contribution in [3.63, 3.8) is 0 Å². The second-order valence-corrected chi connectivity index (χ2v) is 7.33. The van der Waals surface area contributed by atoms with Crippen molar-refractivity contribution in [2.24, 2.45) is 5.41 Å². The fourth-order valence-electron chi connectivity index (χ4n) is 3.05. The van der Waals surface area contributed by atoms with Gasteiger partial charge in [0.1, 0.15) is 0 Å². The minimum absolute atomic E-state index is 0.144. The van der Waals surface area contributed by atoms with Gasteiger partial charge in [0, 0.05) is 16.7 Å². The van der Waals surface area contributed by atoms with Crippen LogP contribution >= 0.6 is 11.8 Å². The average Bonchev–Trinajstić information content (AvgIpc) is 2.78. The summed E-state index contributed by atoms with van der Waals surface area (Å²) in [6.07, 6.45) is 5.63. The number of thioether (sulfide) groups is 1. The van der Waals surface area contributed by atoms with Gasteiger partial charge < -0.3 is 10.6 Å². The van der Waals surface area contributed by atoms with Crippen LogP contribution in [0.5, 0.6) is 0 Å². The van der Waals surface area contributed by atoms with Crippen molar-refractivity contribution in [2.45, 2.75) is 57.2 Å². The summed E-state index contributed by atoms with van der Waals surface area (Å²) in [4.78, 5) is 12.5. The molecule has 2 atom stereocenters. The molecule has 0 aromatic heterocycles. The first-order valence-corrected chi connectivity index (χ1v) is 8.34. The zero-order chi connectivity index (χ0) is 13.0. The van der Waals surface area contributed by atoms with Crippen molar-refractivity contribution in [3.8, 4) is 0 Å². The Balaban J connectivity index is 1.89. The summed E-state index contributed by atoms with van der Waals surface area (Å²) in [6.45, 7) is 6.28. The SMILES string of the molecule is CCSC1CCCC1NC(=O)C1(C)CCNCC1. The molecule has 1 aliphatic carbocycles. The maximum absolute atomic E-state index is 12.5. The van der Waals surface area contributed by atoms with Crippen LogP contribution in [0.1, 0.15) is 46.0 Å². The molecule has 1 amide bonds. The topological polar surface area (TPSA) is 41.1 Å². The molecular weight excluding hydrogens is 244 g/mol. The molecule has 3 nitrogen and oxygen atoms in total. The van der Waals surface area contributed by atoms with Gasteiger partial charge in [0.15, 0.2) is 0 Å². The molecule has 1 aliphatic heterocycles. The normalized spacial score (nSPS) is 31.2. The fraction of sp³-hybridized carbons (Fsp3) is 0.929. The van der Waals surface area contributed by atoms with Crippen molar-refractivity contribution in [1.82, 2.24) is 10.6 Å². The highest BCUT2D eigenvalue weighted by Gasteiger charge is 2.37. The number of rotatable bonds is 4. The van der Waals surface area contributed by atoms with Crippen LogP contribution in [-0.4, -0.2) is 36.0 Å². The van der Waals surface area contributed by atoms with E-state index in [4.69, 9.17) is 0 Å². The Morgan fingerprint density at radius 2 is 2.11 bits per heavy atom. The maximum Gasteiger partial charge on any atom is 0.226 e. The van der Waals surface area contributed by atoms with E-state index < -0.39 is 0 Å². The summed E-state index contributed by atoms with van der Waals surface area (Å²) in [5.41, 5.74) is -0.144. The molecule has 2 N–H and O–H groups in total. The third-order valence-electron chi connectivity index (χ3n) is 4.41. The zero-order valence-electron chi connectivity index (χ0n) is 11.6. The lowest BCUT2D eigenvalue weighted by atomic mass is 9.80. The Kier molecular flexibility index (Phi) is 4.96. The average molecular weight is 270 g/mol. The van der Waals surface area contributed by atoms with Crippen LogP contribution in [0, 0.1) is 5.41 Å². The number of carbonyl (C=O) groups is 1. The Bertz CT molecular complexity index is 290. The lowest BCUT2D eigenvalue weighted by Crippen LogP contribution is -2.50. The van der Waals surface area contributed by atoms with Crippen LogP contribution in [0.4, 0.5) is 0 Å². The monoisotopic (exact) mass is 270 g/mol. The van der Waals surface area contributed by atoms with E-state index in [1.807, 2.05) is 11.8 Å². The van der Waals surface area contributed by atoms with Crippen molar-refractivity contribution in [3.05, 3.63) is 0 Å². The minimum Gasteiger partial charge on any atom is -0.352 e. The van der Waals surface area contributed by atoms with E-state index in [-0.39, 0.29) is 11.3 Å². The van der Waals surface area contributed by atoms with Gasteiger partial charge >= 0.3 is 0 Å². The van der Waals surface area contributed by atoms with Crippen LogP contribution < -0.4 is 10.6 Å². The van der Waals surface area contributed by atoms with Crippen molar-refractivity contribution in [1.29, 1.82) is 0 Å². The highest BCUT2D eigenvalue weighted by Crippen LogP contribution is 2.33. The maximum atomic E-state index is 12.5. The predicted octanol–water partition coefficient (Wildman–Crippen LogP) is 2.17. The second kappa shape index (κ2) is 6.29. The number of carbonyl (C=O) groups excluding carboxylic acids is 1. The predicted molar refractivity (Wildman–Crippen MR) is 77.9 cm³/mol. The molecule has 104 valence electrons. The van der Waals surface area contributed by atoms with Crippen molar-refractivity contribution >= 4 is 17.7 Å². The number of hydrogen-bond donors (Lipinski definition) is 2. The van der Waals surface area contributed by atoms with E-state index in [9.17, 15) is 4.79 Å². The van der Waals surface area contributed by atoms with Crippen LogP contribution in [0.2, 0.25) is 0 Å². The third-order valence-corrected chi connectivity index (χ3v) is 5.73. The van der Waals surface area contributed by atoms with Crippen molar-refractivity contribution in [2.75, 3.05) is 18.8 Å². The number of amides is 1. The van der Waals surface area contributed by atoms with Gasteiger partial charge in [0.2, 0.25) is 5.91 Å². The quantitative estimate of drug-likeness (QED) is 0.822. The molecular formula is C14H26N2OS. The van der Waals surface area contributed by atoms with E-state index in [1.54, 1.807) is 0 Å². The zero-order valence-corrected chi connectivity index (χ0v) is 12.4. The lowest BCUT2D eigenvalue weighted by molar-refractivity contribution is -0.132. The van der Waals surface area contributed by atoms with Crippen LogP contribution in [-0.2, 0) is 4.79 Å². The molecule has 0 spiro atoms. The first-order chi connectivity index (χ1) is 8.65. The summed E-state index contributed by atoms with van der Waals surface area (Å²) < 4.78 is 0. The number of piperidine rings is 1. The van der Waals surface area contributed by atoms with Gasteiger partial charge in [-0.3, -0.25) is 4.79 Å². The summed E-state index contributed by atoms with van der Waals surface area (Å²) in [5, 5.41) is 7.31. The van der Waals surface area contributed by atoms with E-state index in [0.717, 1.165) is 38.1 Å². The van der Waals surface area contributed by atoms with Gasteiger partial charge in [0.25, 0.3) is 0 Å². The van der Waals surface area contributed by atoms with Crippen LogP contribution in [0.25, 0.3) is 0 Å². The highest BCUT2D eigenvalue weighted by atomic mass is 32.2. The smallest absolute Gasteiger partial charge is 0.226 e. The minimum atomic E-state index is -0.144. The molecule has 18 heavy (non-hydrogen) atoms. The Labute approximate surface area is 115 Å². The molecule has 1 saturated carbocycles. The van der Waals surface area contributed by atoms with Crippen molar-refractivity contribution < 1.29 is 4.79 Å². The molecule has 0 aromatic rings. The van der Waals surface area contributed by atoms with Gasteiger partial charge in [-0.25, -0.2) is 0 Å². The number of hydrogen-bond acceptors (Lipinski definition) is 3. The van der Waals surface area contributed by atoms with Gasteiger partial charge in [-0.05, 0) is 44.5 Å². The van der Waals surface area contributed by atoms with Gasteiger partial charge in [0.05, 0.1) is 0 Å². The molecule has 0 aromatic carbocycles. The highest BCUT2D eigenvalue weighted by molar-refractivity contribution is 7.99. The molecule has 0 radical (unpaired) electrons. The van der Waals surface area contributed by atoms with Gasteiger partial charge in [-0.2, -0.15) is 11.8 Å². The molecule has 4 heteroatoms. The Hall–Kier alpha value is -0.220. The Morgan fingerprint density at radius 1 is 1.39 bits per heavy atom. The first kappa shape index (κ1) is 14.2. The second-order valence-electron chi connectivity index (χ2n) is 5.82. The number of nitrogens with one attached hydrogen (secondary N) is 2. The summed E-state index contributed by atoms with van der Waals surface area (Å²) in [6, 6.07) is 0.411. The molecule has 2 aliphatic rings. The van der Waals surface area contributed by atoms with Crippen LogP contribution in [0.15, 0.2) is 0 Å². The van der Waals surface area contributed by atoms with Gasteiger partial charge in [-0.1, -0.05) is 20.3 Å². The standard InChI is InChI=1S/C14H26N2OS/c1-3-18-12-6-4-5-11(12)16-13(17)14(2)7-9-15-10-8-14/h11-12,15H,3-10H2,1-2H3,(H,16,17). The van der Waals surface area contributed by atoms with E-state index in [2.05, 4.69) is 24.5 Å². The first-order valence-electron chi connectivity index (χ1n) is 7.29. The van der Waals surface area contributed by atoms with E-state index >= 15 is 0 Å².